The van der Waals surface area contributed by atoms with Crippen LogP contribution in [-0.2, 0) is 20.5 Å². The molecule has 5 heteroatoms. The van der Waals surface area contributed by atoms with Crippen LogP contribution in [0.1, 0.15) is 22.3 Å². The monoisotopic (exact) mass is 468 g/mol. The third-order valence-electron chi connectivity index (χ3n) is 7.32. The van der Waals surface area contributed by atoms with Gasteiger partial charge < -0.3 is 9.13 Å². The Labute approximate surface area is 196 Å². The molecular formula is C27H20N2S3. The minimum atomic E-state index is 1.06. The maximum absolute atomic E-state index is 2.47. The number of hydrogen-bond acceptors (Lipinski definition) is 3. The molecule has 2 nitrogen and oxygen atoms in total. The van der Waals surface area contributed by atoms with Crippen molar-refractivity contribution in [2.75, 3.05) is 0 Å². The van der Waals surface area contributed by atoms with Gasteiger partial charge in [0.05, 0.1) is 40.4 Å². The van der Waals surface area contributed by atoms with Crippen LogP contribution in [0.2, 0.25) is 0 Å². The Hall–Kier alpha value is -2.60. The van der Waals surface area contributed by atoms with E-state index in [1.165, 1.54) is 78.1 Å². The number of aromatic nitrogens is 2. The quantitative estimate of drug-likeness (QED) is 0.211. The molecule has 1 aliphatic carbocycles. The summed E-state index contributed by atoms with van der Waals surface area (Å²) in [4.78, 5) is 1.49. The van der Waals surface area contributed by atoms with Gasteiger partial charge in [-0.05, 0) is 48.2 Å². The summed E-state index contributed by atoms with van der Waals surface area (Å²) < 4.78 is 12.2. The van der Waals surface area contributed by atoms with Crippen molar-refractivity contribution in [3.05, 3.63) is 58.7 Å². The van der Waals surface area contributed by atoms with Crippen molar-refractivity contribution in [2.24, 2.45) is 14.1 Å². The Balaban J connectivity index is 1.46. The molecule has 0 saturated heterocycles. The van der Waals surface area contributed by atoms with Gasteiger partial charge in [-0.1, -0.05) is 24.3 Å². The fourth-order valence-electron chi connectivity index (χ4n) is 5.84. The van der Waals surface area contributed by atoms with Crippen molar-refractivity contribution < 1.29 is 0 Å². The normalized spacial score (nSPS) is 13.5. The molecule has 2 aromatic carbocycles. The standard InChI is InChI=1S/C27H20N2S3/c1-12-5-7-14-16-11-17-23(21(16)28(3)18(14)9-12)31-26-22-27(32-24(17)26)25-20(29(22)4)15-8-6-13(2)10-19(15)30-25/h5-10H,11H2,1-4H3. The Morgan fingerprint density at radius 2 is 1.41 bits per heavy atom. The second kappa shape index (κ2) is 5.66. The highest BCUT2D eigenvalue weighted by atomic mass is 32.1. The van der Waals surface area contributed by atoms with Gasteiger partial charge >= 0.3 is 0 Å². The fourth-order valence-corrected chi connectivity index (χ4v) is 10.4. The molecule has 0 unspecified atom stereocenters. The minimum Gasteiger partial charge on any atom is -0.343 e. The van der Waals surface area contributed by atoms with Gasteiger partial charge in [0, 0.05) is 41.5 Å². The van der Waals surface area contributed by atoms with Gasteiger partial charge in [-0.15, -0.1) is 34.0 Å². The zero-order valence-electron chi connectivity index (χ0n) is 18.3. The molecule has 156 valence electrons. The van der Waals surface area contributed by atoms with Crippen molar-refractivity contribution in [1.82, 2.24) is 9.13 Å². The van der Waals surface area contributed by atoms with Crippen LogP contribution in [-0.4, -0.2) is 9.13 Å². The highest BCUT2D eigenvalue weighted by molar-refractivity contribution is 7.37. The summed E-state index contributed by atoms with van der Waals surface area (Å²) in [6.07, 6.45) is 1.06. The average Bonchev–Trinajstić information content (AvgIpc) is 3.54. The van der Waals surface area contributed by atoms with Gasteiger partial charge in [-0.25, -0.2) is 0 Å². The third-order valence-corrected chi connectivity index (χ3v) is 11.2. The van der Waals surface area contributed by atoms with E-state index < -0.39 is 0 Å². The lowest BCUT2D eigenvalue weighted by molar-refractivity contribution is 0.979. The molecule has 0 spiro atoms. The molecule has 5 aromatic heterocycles. The molecule has 32 heavy (non-hydrogen) atoms. The first kappa shape index (κ1) is 17.9. The summed E-state index contributed by atoms with van der Waals surface area (Å²) in [7, 11) is 4.50. The zero-order chi connectivity index (χ0) is 21.5. The SMILES string of the molecule is Cc1ccc2c(c1)sc1c3sc4c5c(sc4c3n(C)c21)-c1c(c2ccc(C)cc2n1C)C5. The van der Waals surface area contributed by atoms with Crippen LogP contribution in [0.5, 0.6) is 0 Å². The number of hydrogen-bond donors (Lipinski definition) is 0. The van der Waals surface area contributed by atoms with Crippen LogP contribution < -0.4 is 0 Å². The Bertz CT molecular complexity index is 1950. The average molecular weight is 469 g/mol. The second-order valence-electron chi connectivity index (χ2n) is 9.27. The minimum absolute atomic E-state index is 1.06. The number of benzene rings is 2. The van der Waals surface area contributed by atoms with Crippen LogP contribution >= 0.6 is 34.0 Å². The summed E-state index contributed by atoms with van der Waals surface area (Å²) in [6.45, 7) is 4.37. The van der Waals surface area contributed by atoms with Gasteiger partial charge in [0.15, 0.2) is 0 Å². The van der Waals surface area contributed by atoms with Crippen LogP contribution in [0, 0.1) is 13.8 Å². The first-order chi connectivity index (χ1) is 15.5. The number of rotatable bonds is 0. The topological polar surface area (TPSA) is 9.86 Å². The van der Waals surface area contributed by atoms with Crippen LogP contribution in [0.4, 0.5) is 0 Å². The first-order valence-corrected chi connectivity index (χ1v) is 13.4. The maximum atomic E-state index is 2.47. The molecule has 0 radical (unpaired) electrons. The second-order valence-corrected chi connectivity index (χ2v) is 12.4. The predicted octanol–water partition coefficient (Wildman–Crippen LogP) is 8.50. The first-order valence-electron chi connectivity index (χ1n) is 10.9. The molecule has 0 aliphatic heterocycles. The number of fused-ring (bicyclic) bond motifs is 13. The van der Waals surface area contributed by atoms with E-state index in [1.54, 1.807) is 5.56 Å². The molecule has 0 N–H and O–H groups in total. The smallest absolute Gasteiger partial charge is 0.0789 e. The molecule has 0 bridgehead atoms. The lowest BCUT2D eigenvalue weighted by Gasteiger charge is -2.02. The van der Waals surface area contributed by atoms with Gasteiger partial charge in [0.1, 0.15) is 0 Å². The Morgan fingerprint density at radius 3 is 2.25 bits per heavy atom. The summed E-state index contributed by atoms with van der Waals surface area (Å²) in [5, 5.41) is 2.82. The highest BCUT2D eigenvalue weighted by Crippen LogP contribution is 2.55. The fraction of sp³-hybridized carbons (Fsp3) is 0.185. The summed E-state index contributed by atoms with van der Waals surface area (Å²) >= 11 is 6.00. The van der Waals surface area contributed by atoms with Crippen molar-refractivity contribution >= 4 is 84.8 Å². The largest absolute Gasteiger partial charge is 0.343 e. The van der Waals surface area contributed by atoms with Gasteiger partial charge in [-0.3, -0.25) is 0 Å². The van der Waals surface area contributed by atoms with Gasteiger partial charge in [0.2, 0.25) is 0 Å². The zero-order valence-corrected chi connectivity index (χ0v) is 20.7. The third kappa shape index (κ3) is 1.93. The number of thiophene rings is 3. The van der Waals surface area contributed by atoms with Crippen LogP contribution in [0.25, 0.3) is 61.4 Å². The summed E-state index contributed by atoms with van der Waals surface area (Å²) in [6, 6.07) is 13.8. The van der Waals surface area contributed by atoms with Crippen molar-refractivity contribution in [1.29, 1.82) is 0 Å². The van der Waals surface area contributed by atoms with Crippen molar-refractivity contribution in [3.8, 4) is 10.6 Å². The van der Waals surface area contributed by atoms with E-state index >= 15 is 0 Å². The van der Waals surface area contributed by atoms with Crippen LogP contribution in [0.3, 0.4) is 0 Å². The number of aryl methyl sites for hydroxylation is 4. The highest BCUT2D eigenvalue weighted by Gasteiger charge is 2.32. The molecule has 0 saturated carbocycles. The van der Waals surface area contributed by atoms with E-state index in [4.69, 9.17) is 0 Å². The lowest BCUT2D eigenvalue weighted by Crippen LogP contribution is -1.89. The summed E-state index contributed by atoms with van der Waals surface area (Å²) in [5.41, 5.74) is 11.4. The lowest BCUT2D eigenvalue weighted by atomic mass is 10.1. The molecular weight excluding hydrogens is 449 g/mol. The van der Waals surface area contributed by atoms with E-state index in [2.05, 4.69) is 73.5 Å². The van der Waals surface area contributed by atoms with Crippen molar-refractivity contribution in [3.63, 3.8) is 0 Å². The molecule has 8 rings (SSSR count). The van der Waals surface area contributed by atoms with E-state index in [1.807, 2.05) is 34.0 Å². The Kier molecular flexibility index (Phi) is 3.16. The molecule has 0 atom stereocenters. The van der Waals surface area contributed by atoms with Crippen LogP contribution in [0.15, 0.2) is 36.4 Å². The molecule has 7 aromatic rings. The van der Waals surface area contributed by atoms with Gasteiger partial charge in [-0.2, -0.15) is 0 Å². The van der Waals surface area contributed by atoms with E-state index in [-0.39, 0.29) is 0 Å². The van der Waals surface area contributed by atoms with E-state index in [0.717, 1.165) is 6.42 Å². The molecule has 1 aliphatic rings. The Morgan fingerprint density at radius 1 is 0.688 bits per heavy atom. The van der Waals surface area contributed by atoms with Crippen molar-refractivity contribution in [2.45, 2.75) is 20.3 Å². The number of nitrogens with zero attached hydrogens (tertiary/aromatic N) is 2. The van der Waals surface area contributed by atoms with Gasteiger partial charge in [0.25, 0.3) is 0 Å². The maximum Gasteiger partial charge on any atom is 0.0789 e. The molecule has 0 amide bonds. The summed E-state index contributed by atoms with van der Waals surface area (Å²) in [5.74, 6) is 0. The molecule has 0 fully saturated rings. The van der Waals surface area contributed by atoms with E-state index in [9.17, 15) is 0 Å². The predicted molar refractivity (Wildman–Crippen MR) is 143 cm³/mol. The molecule has 5 heterocycles. The van der Waals surface area contributed by atoms with E-state index in [0.29, 0.717) is 0 Å².